The van der Waals surface area contributed by atoms with Crippen LogP contribution >= 0.6 is 0 Å². The first-order valence-electron chi connectivity index (χ1n) is 9.93. The van der Waals surface area contributed by atoms with E-state index in [-0.39, 0.29) is 0 Å². The summed E-state index contributed by atoms with van der Waals surface area (Å²) in [6.45, 7) is 9.94. The van der Waals surface area contributed by atoms with Gasteiger partial charge in [0.25, 0.3) is 0 Å². The van der Waals surface area contributed by atoms with Gasteiger partial charge in [0.1, 0.15) is 0 Å². The van der Waals surface area contributed by atoms with Crippen LogP contribution in [0.2, 0.25) is 0 Å². The fraction of sp³-hybridized carbons (Fsp3) is 0.231. The molecule has 2 nitrogen and oxygen atoms in total. The lowest BCUT2D eigenvalue weighted by Gasteiger charge is -2.26. The Bertz CT molecular complexity index is 1120. The zero-order valence-corrected chi connectivity index (χ0v) is 16.7. The molecule has 1 saturated carbocycles. The maximum Gasteiger partial charge on any atom is 0.0982 e. The summed E-state index contributed by atoms with van der Waals surface area (Å²) >= 11 is 0. The summed E-state index contributed by atoms with van der Waals surface area (Å²) in [6.07, 6.45) is 12.0. The number of aryl methyl sites for hydroxylation is 1. The van der Waals surface area contributed by atoms with Crippen molar-refractivity contribution in [2.45, 2.75) is 32.3 Å². The molecule has 1 heterocycles. The van der Waals surface area contributed by atoms with Crippen molar-refractivity contribution in [1.82, 2.24) is 4.57 Å². The van der Waals surface area contributed by atoms with Crippen molar-refractivity contribution in [3.8, 4) is 0 Å². The number of nitrogens with zero attached hydrogens (tertiary/aromatic N) is 1. The van der Waals surface area contributed by atoms with Gasteiger partial charge in [-0.2, -0.15) is 0 Å². The van der Waals surface area contributed by atoms with Gasteiger partial charge in [-0.1, -0.05) is 49.6 Å². The summed E-state index contributed by atoms with van der Waals surface area (Å²) in [5.74, 6) is 0.965. The van der Waals surface area contributed by atoms with Crippen molar-refractivity contribution in [2.75, 3.05) is 0 Å². The second kappa shape index (κ2) is 7.55. The maximum absolute atomic E-state index is 5.94. The SMILES string of the molecule is C=C/C(=C\C=C(/C)OC1CCC1)c1ccc2c3cc(C=C)ccc3n(C)c2c1. The molecule has 1 aromatic heterocycles. The van der Waals surface area contributed by atoms with Crippen LogP contribution in [0.3, 0.4) is 0 Å². The number of aromatic nitrogens is 1. The van der Waals surface area contributed by atoms with Gasteiger partial charge in [0, 0.05) is 28.9 Å². The van der Waals surface area contributed by atoms with Crippen LogP contribution in [0.4, 0.5) is 0 Å². The minimum atomic E-state index is 0.407. The lowest BCUT2D eigenvalue weighted by molar-refractivity contribution is 0.0534. The van der Waals surface area contributed by atoms with Crippen LogP contribution in [0.15, 0.2) is 73.5 Å². The van der Waals surface area contributed by atoms with Crippen LogP contribution < -0.4 is 0 Å². The number of fused-ring (bicyclic) bond motifs is 3. The third-order valence-electron chi connectivity index (χ3n) is 5.72. The first-order valence-corrected chi connectivity index (χ1v) is 9.93. The Balaban J connectivity index is 1.73. The van der Waals surface area contributed by atoms with E-state index in [0.717, 1.165) is 22.5 Å². The third kappa shape index (κ3) is 3.31. The largest absolute Gasteiger partial charge is 0.495 e. The molecular weight excluding hydrogens is 342 g/mol. The van der Waals surface area contributed by atoms with Crippen LogP contribution in [0.1, 0.15) is 37.3 Å². The highest BCUT2D eigenvalue weighted by Gasteiger charge is 2.18. The highest BCUT2D eigenvalue weighted by molar-refractivity contribution is 6.09. The summed E-state index contributed by atoms with van der Waals surface area (Å²) in [4.78, 5) is 0. The molecule has 0 bridgehead atoms. The highest BCUT2D eigenvalue weighted by Crippen LogP contribution is 2.32. The molecule has 0 saturated heterocycles. The summed E-state index contributed by atoms with van der Waals surface area (Å²) in [5, 5.41) is 2.52. The summed E-state index contributed by atoms with van der Waals surface area (Å²) in [5.41, 5.74) is 5.84. The van der Waals surface area contributed by atoms with Crippen molar-refractivity contribution in [2.24, 2.45) is 7.05 Å². The van der Waals surface area contributed by atoms with Crippen LogP contribution in [-0.4, -0.2) is 10.7 Å². The quantitative estimate of drug-likeness (QED) is 0.336. The fourth-order valence-corrected chi connectivity index (χ4v) is 3.82. The molecule has 0 amide bonds. The van der Waals surface area contributed by atoms with E-state index in [1.807, 2.05) is 19.1 Å². The number of allylic oxidation sites excluding steroid dienone is 5. The Hall–Kier alpha value is -3.00. The molecule has 0 radical (unpaired) electrons. The van der Waals surface area contributed by atoms with E-state index < -0.39 is 0 Å². The van der Waals surface area contributed by atoms with E-state index in [1.165, 1.54) is 41.1 Å². The lowest BCUT2D eigenvalue weighted by Crippen LogP contribution is -2.20. The Labute approximate surface area is 167 Å². The Morgan fingerprint density at radius 2 is 1.86 bits per heavy atom. The van der Waals surface area contributed by atoms with Crippen molar-refractivity contribution in [3.05, 3.63) is 84.7 Å². The number of rotatable bonds is 6. The average molecular weight is 370 g/mol. The monoisotopic (exact) mass is 369 g/mol. The van der Waals surface area contributed by atoms with Gasteiger partial charge >= 0.3 is 0 Å². The molecule has 1 fully saturated rings. The van der Waals surface area contributed by atoms with E-state index in [0.29, 0.717) is 6.10 Å². The van der Waals surface area contributed by atoms with Gasteiger partial charge in [-0.05, 0) is 67.2 Å². The molecule has 2 heteroatoms. The zero-order valence-electron chi connectivity index (χ0n) is 16.7. The van der Waals surface area contributed by atoms with Crippen LogP contribution in [-0.2, 0) is 11.8 Å². The predicted octanol–water partition coefficient (Wildman–Crippen LogP) is 7.02. The van der Waals surface area contributed by atoms with Crippen LogP contribution in [0.25, 0.3) is 33.5 Å². The van der Waals surface area contributed by atoms with Gasteiger partial charge in [0.05, 0.1) is 11.9 Å². The van der Waals surface area contributed by atoms with Gasteiger partial charge in [-0.25, -0.2) is 0 Å². The first-order chi connectivity index (χ1) is 13.6. The molecule has 1 aliphatic rings. The maximum atomic E-state index is 5.94. The predicted molar refractivity (Wildman–Crippen MR) is 121 cm³/mol. The zero-order chi connectivity index (χ0) is 19.7. The molecule has 2 aromatic carbocycles. The van der Waals surface area contributed by atoms with Crippen molar-refractivity contribution < 1.29 is 4.74 Å². The molecule has 0 aliphatic heterocycles. The molecule has 142 valence electrons. The second-order valence-corrected chi connectivity index (χ2v) is 7.55. The molecule has 28 heavy (non-hydrogen) atoms. The van der Waals surface area contributed by atoms with Gasteiger partial charge in [0.2, 0.25) is 0 Å². The Morgan fingerprint density at radius 3 is 2.54 bits per heavy atom. The molecule has 0 unspecified atom stereocenters. The minimum absolute atomic E-state index is 0.407. The lowest BCUT2D eigenvalue weighted by atomic mass is 9.96. The standard InChI is InChI=1S/C26H27NO/c1-5-19-11-15-25-24(16-19)23-14-13-21(17-26(23)27(25)4)20(6-2)12-10-18(3)28-22-8-7-9-22/h5-6,10-17,22H,1-2,7-9H2,3-4H3/b18-10+,20-12+. The van der Waals surface area contributed by atoms with E-state index in [2.05, 4.69) is 73.3 Å². The van der Waals surface area contributed by atoms with Gasteiger partial charge < -0.3 is 9.30 Å². The summed E-state index contributed by atoms with van der Waals surface area (Å²) in [7, 11) is 2.12. The second-order valence-electron chi connectivity index (χ2n) is 7.55. The molecule has 0 spiro atoms. The average Bonchev–Trinajstić information content (AvgIpc) is 2.96. The summed E-state index contributed by atoms with van der Waals surface area (Å²) < 4.78 is 8.19. The molecule has 1 aliphatic carbocycles. The van der Waals surface area contributed by atoms with Gasteiger partial charge in [-0.3, -0.25) is 0 Å². The number of hydrogen-bond acceptors (Lipinski definition) is 1. The van der Waals surface area contributed by atoms with E-state index in [9.17, 15) is 0 Å². The Kier molecular flexibility index (Phi) is 4.95. The Morgan fingerprint density at radius 1 is 1.04 bits per heavy atom. The number of benzene rings is 2. The molecule has 3 aromatic rings. The third-order valence-corrected chi connectivity index (χ3v) is 5.72. The van der Waals surface area contributed by atoms with E-state index in [4.69, 9.17) is 4.74 Å². The number of ether oxygens (including phenoxy) is 1. The van der Waals surface area contributed by atoms with Gasteiger partial charge in [0.15, 0.2) is 0 Å². The highest BCUT2D eigenvalue weighted by atomic mass is 16.5. The normalized spacial score (nSPS) is 15.6. The molecule has 0 N–H and O–H groups in total. The fourth-order valence-electron chi connectivity index (χ4n) is 3.82. The van der Waals surface area contributed by atoms with Crippen molar-refractivity contribution >= 4 is 33.5 Å². The molecule has 4 rings (SSSR count). The van der Waals surface area contributed by atoms with E-state index >= 15 is 0 Å². The molecule has 0 atom stereocenters. The van der Waals surface area contributed by atoms with Crippen molar-refractivity contribution in [3.63, 3.8) is 0 Å². The van der Waals surface area contributed by atoms with Gasteiger partial charge in [-0.15, -0.1) is 0 Å². The van der Waals surface area contributed by atoms with Crippen LogP contribution in [0, 0.1) is 0 Å². The summed E-state index contributed by atoms with van der Waals surface area (Å²) in [6, 6.07) is 13.1. The smallest absolute Gasteiger partial charge is 0.0982 e. The minimum Gasteiger partial charge on any atom is -0.495 e. The topological polar surface area (TPSA) is 14.2 Å². The van der Waals surface area contributed by atoms with E-state index in [1.54, 1.807) is 0 Å². The molecular formula is C26H27NO. The van der Waals surface area contributed by atoms with Crippen LogP contribution in [0.5, 0.6) is 0 Å². The van der Waals surface area contributed by atoms with Crippen molar-refractivity contribution in [1.29, 1.82) is 0 Å². The first kappa shape index (κ1) is 18.4. The number of hydrogen-bond donors (Lipinski definition) is 0.